The number of ether oxygens (including phenoxy) is 3. The van der Waals surface area contributed by atoms with Crippen LogP contribution in [-0.2, 0) is 86.2 Å². The summed E-state index contributed by atoms with van der Waals surface area (Å²) in [6.07, 6.45) is -1.80. The lowest BCUT2D eigenvalue weighted by Gasteiger charge is -2.41. The molecule has 3 aromatic carbocycles. The van der Waals surface area contributed by atoms with Crippen LogP contribution in [0.1, 0.15) is 129 Å². The van der Waals surface area contributed by atoms with E-state index in [1.165, 1.54) is 26.4 Å². The number of carbonyl (C=O) groups is 12. The molecule has 0 saturated carbocycles. The minimum absolute atomic E-state index is 0.0108. The van der Waals surface area contributed by atoms with E-state index in [4.69, 9.17) is 19.9 Å². The molecule has 15 atom stereocenters. The van der Waals surface area contributed by atoms with Crippen LogP contribution in [0.2, 0.25) is 0 Å². The van der Waals surface area contributed by atoms with E-state index >= 15 is 0 Å². The Morgan fingerprint density at radius 1 is 0.642 bits per heavy atom. The number of nitrogens with one attached hydrogen (secondary N) is 8. The maximum absolute atomic E-state index is 14.7. The van der Waals surface area contributed by atoms with Gasteiger partial charge in [-0.2, -0.15) is 0 Å². The molecule has 109 heavy (non-hydrogen) atoms. The Kier molecular flexibility index (Phi) is 35.7. The first-order chi connectivity index (χ1) is 51.9. The summed E-state index contributed by atoms with van der Waals surface area (Å²) in [7, 11) is 8.38. The number of aliphatic hydroxyl groups excluding tert-OH is 2. The maximum Gasteiger partial charge on any atom is 0.312 e. The summed E-state index contributed by atoms with van der Waals surface area (Å²) in [6, 6.07) is 18.1. The zero-order valence-corrected chi connectivity index (χ0v) is 65.2. The molecule has 3 aromatic rings. The van der Waals surface area contributed by atoms with Crippen molar-refractivity contribution in [2.45, 2.75) is 211 Å². The molecule has 0 aliphatic carbocycles. The highest BCUT2D eigenvalue weighted by Crippen LogP contribution is 2.31. The average Bonchev–Trinajstić information content (AvgIpc) is 1.79. The van der Waals surface area contributed by atoms with Crippen molar-refractivity contribution in [3.05, 3.63) is 114 Å². The Hall–Kier alpha value is -9.20. The van der Waals surface area contributed by atoms with Crippen LogP contribution in [-0.4, -0.2) is 248 Å². The number of rotatable bonds is 44. The third-order valence-electron chi connectivity index (χ3n) is 20.6. The van der Waals surface area contributed by atoms with E-state index in [1.807, 2.05) is 90.9 Å². The molecular formula is C79H117N13O17. The molecule has 30 nitrogen and oxygen atoms in total. The number of primary amides is 1. The second-order valence-electron chi connectivity index (χ2n) is 29.6. The Labute approximate surface area is 640 Å². The van der Waals surface area contributed by atoms with E-state index in [-0.39, 0.29) is 100 Å². The summed E-state index contributed by atoms with van der Waals surface area (Å²) >= 11 is 0. The molecule has 13 amide bonds. The van der Waals surface area contributed by atoms with E-state index < -0.39 is 145 Å². The normalized spacial score (nSPS) is 19.7. The van der Waals surface area contributed by atoms with Gasteiger partial charge in [0.05, 0.1) is 55.2 Å². The van der Waals surface area contributed by atoms with E-state index in [9.17, 15) is 67.7 Å². The van der Waals surface area contributed by atoms with Gasteiger partial charge in [-0.1, -0.05) is 128 Å². The fourth-order valence-corrected chi connectivity index (χ4v) is 14.4. The Bertz CT molecular complexity index is 3520. The molecule has 600 valence electrons. The average molecular weight is 1520 g/mol. The number of methoxy groups -OCH3 is 2. The molecule has 2 saturated heterocycles. The van der Waals surface area contributed by atoms with Gasteiger partial charge in [0.15, 0.2) is 0 Å². The van der Waals surface area contributed by atoms with Crippen molar-refractivity contribution < 1.29 is 82.0 Å². The third-order valence-corrected chi connectivity index (χ3v) is 20.6. The number of amides is 13. The van der Waals surface area contributed by atoms with Crippen LogP contribution >= 0.6 is 0 Å². The molecule has 0 bridgehead atoms. The van der Waals surface area contributed by atoms with Crippen molar-refractivity contribution in [3.8, 4) is 0 Å². The second kappa shape index (κ2) is 43.9. The molecule has 6 rings (SSSR count). The molecule has 0 spiro atoms. The summed E-state index contributed by atoms with van der Waals surface area (Å²) in [5.74, 6) is -6.26. The first kappa shape index (κ1) is 88.7. The van der Waals surface area contributed by atoms with Crippen molar-refractivity contribution >= 4 is 76.7 Å². The van der Waals surface area contributed by atoms with Crippen LogP contribution in [0, 0.1) is 23.7 Å². The number of nitrogens with zero attached hydrogens (tertiary/aromatic N) is 4. The number of likely N-dealkylation sites (N-methyl/N-ethyl adjacent to an activating group) is 2. The molecule has 2 fully saturated rings. The number of urea groups is 1. The molecule has 0 radical (unpaired) electrons. The van der Waals surface area contributed by atoms with Gasteiger partial charge >= 0.3 is 6.03 Å². The molecule has 3 heterocycles. The van der Waals surface area contributed by atoms with E-state index in [1.54, 1.807) is 78.4 Å². The minimum Gasteiger partial charge on any atom is -0.388 e. The molecule has 30 heteroatoms. The number of imide groups is 1. The SMILES string of the molecule is CCC(C)C(C(CC(=O)N1CCCC1C(OC)C(C)C(=O)N[C@@H](Cc1ccccc1)C(=O)NCCc1ccc(NC(=O)C(CCCNC(N)=O)NC(=O)[C@@H](Cc2ccccc2)NC(=O)C[C@@H]2O[C@H](CNC(=O)CCCCN3C(=O)C=CC3=O)C(O)C2O)cc1)OC)N(C)C(=O)[C@@H](NC(=O)C(C(C)C)N(C)C)C(C)C. The zero-order valence-electron chi connectivity index (χ0n) is 65.2. The minimum atomic E-state index is -1.54. The van der Waals surface area contributed by atoms with Gasteiger partial charge in [0, 0.05) is 91.1 Å². The largest absolute Gasteiger partial charge is 0.388 e. The predicted octanol–water partition coefficient (Wildman–Crippen LogP) is 2.41. The van der Waals surface area contributed by atoms with Gasteiger partial charge in [-0.25, -0.2) is 4.79 Å². The summed E-state index contributed by atoms with van der Waals surface area (Å²) < 4.78 is 18.1. The van der Waals surface area contributed by atoms with Crippen molar-refractivity contribution in [2.75, 3.05) is 73.4 Å². The Balaban J connectivity index is 1.06. The van der Waals surface area contributed by atoms with Crippen LogP contribution in [0.4, 0.5) is 10.5 Å². The lowest BCUT2D eigenvalue weighted by molar-refractivity contribution is -0.148. The molecule has 3 aliphatic rings. The van der Waals surface area contributed by atoms with Crippen LogP contribution in [0.3, 0.4) is 0 Å². The number of benzene rings is 3. The van der Waals surface area contributed by atoms with E-state index in [2.05, 4.69) is 42.5 Å². The van der Waals surface area contributed by atoms with Crippen LogP contribution in [0.15, 0.2) is 97.1 Å². The summed E-state index contributed by atoms with van der Waals surface area (Å²) in [5, 5.41) is 44.3. The fourth-order valence-electron chi connectivity index (χ4n) is 14.4. The topological polar surface area (TPSA) is 408 Å². The van der Waals surface area contributed by atoms with Crippen molar-refractivity contribution in [3.63, 3.8) is 0 Å². The lowest BCUT2D eigenvalue weighted by atomic mass is 9.89. The number of anilines is 1. The molecule has 3 aliphatic heterocycles. The van der Waals surface area contributed by atoms with Crippen LogP contribution < -0.4 is 48.3 Å². The van der Waals surface area contributed by atoms with Crippen molar-refractivity contribution in [1.82, 2.24) is 56.8 Å². The number of nitrogens with two attached hydrogens (primary N) is 1. The molecular weight excluding hydrogens is 1400 g/mol. The highest BCUT2D eigenvalue weighted by molar-refractivity contribution is 6.12. The standard InChI is InChI=1S/C79H117N13O17/c1-13-49(6)69(90(10)78(105)67(47(2)3)88-77(104)68(48(4)5)89(8)9)59(107-11)45-66(97)91-41-23-29-58(91)72(108-12)50(7)73(100)87-56(42-52-24-16-14-17-25-52)74(101)81-39-37-51-31-33-54(34-32-51)84-75(102)55(28-22-38-82-79(80)106)86-76(103)57(43-53-26-18-15-19-27-53)85-63(94)44-60-70(98)71(99)61(109-60)46-83-62(93)30-20-21-40-92-64(95)35-36-65(92)96/h14-19,24-27,31-36,47-50,55-61,67-72,98-99H,13,20-23,28-30,37-46H2,1-12H3,(H,81,101)(H,83,93)(H,84,102)(H,85,94)(H,86,103)(H,87,100)(H,88,104)(H3,80,82,106)/t49?,50?,55?,56-,57+,58?,59?,60-,61+,67-,68?,69?,70?,71?,72?/m0/s1. The van der Waals surface area contributed by atoms with Gasteiger partial charge in [-0.3, -0.25) is 62.5 Å². The first-order valence-electron chi connectivity index (χ1n) is 38.0. The molecule has 0 aromatic heterocycles. The number of carbonyl (C=O) groups excluding carboxylic acids is 12. The number of unbranched alkanes of at least 4 members (excludes halogenated alkanes) is 1. The monoisotopic (exact) mass is 1520 g/mol. The second-order valence-corrected chi connectivity index (χ2v) is 29.6. The summed E-state index contributed by atoms with van der Waals surface area (Å²) in [5.41, 5.74) is 7.88. The van der Waals surface area contributed by atoms with Gasteiger partial charge in [-0.15, -0.1) is 0 Å². The lowest BCUT2D eigenvalue weighted by Crippen LogP contribution is -2.59. The fraction of sp³-hybridized carbons (Fsp3) is 0.595. The zero-order chi connectivity index (χ0) is 80.2. The maximum atomic E-state index is 14.7. The number of hydrogen-bond acceptors (Lipinski definition) is 18. The summed E-state index contributed by atoms with van der Waals surface area (Å²) in [6.45, 7) is 14.0. The van der Waals surface area contributed by atoms with Crippen molar-refractivity contribution in [2.24, 2.45) is 29.4 Å². The predicted molar refractivity (Wildman–Crippen MR) is 408 cm³/mol. The molecule has 12 N–H and O–H groups in total. The quantitative estimate of drug-likeness (QED) is 0.0286. The van der Waals surface area contributed by atoms with Gasteiger partial charge in [0.2, 0.25) is 53.2 Å². The van der Waals surface area contributed by atoms with Crippen LogP contribution in [0.5, 0.6) is 0 Å². The Morgan fingerprint density at radius 3 is 1.82 bits per heavy atom. The van der Waals surface area contributed by atoms with E-state index in [0.29, 0.717) is 56.3 Å². The molecule has 10 unspecified atom stereocenters. The highest BCUT2D eigenvalue weighted by atomic mass is 16.5. The number of hydrogen-bond donors (Lipinski definition) is 11. The smallest absolute Gasteiger partial charge is 0.312 e. The van der Waals surface area contributed by atoms with Crippen LogP contribution in [0.25, 0.3) is 0 Å². The Morgan fingerprint density at radius 2 is 1.25 bits per heavy atom. The number of likely N-dealkylation sites (tertiary alicyclic amines) is 1. The van der Waals surface area contributed by atoms with E-state index in [0.717, 1.165) is 16.0 Å². The first-order valence-corrected chi connectivity index (χ1v) is 38.0. The van der Waals surface area contributed by atoms with Gasteiger partial charge in [0.1, 0.15) is 42.5 Å². The van der Waals surface area contributed by atoms with Gasteiger partial charge < -0.3 is 82.5 Å². The van der Waals surface area contributed by atoms with Gasteiger partial charge in [0.25, 0.3) is 11.8 Å². The summed E-state index contributed by atoms with van der Waals surface area (Å²) in [4.78, 5) is 168. The van der Waals surface area contributed by atoms with Crippen molar-refractivity contribution in [1.29, 1.82) is 0 Å². The number of aliphatic hydroxyl groups is 2. The highest BCUT2D eigenvalue weighted by Gasteiger charge is 2.46. The van der Waals surface area contributed by atoms with Gasteiger partial charge in [-0.05, 0) is 106 Å². The third kappa shape index (κ3) is 26.5.